The van der Waals surface area contributed by atoms with Crippen molar-refractivity contribution in [3.63, 3.8) is 0 Å². The summed E-state index contributed by atoms with van der Waals surface area (Å²) in [6.07, 6.45) is 2.87. The predicted molar refractivity (Wildman–Crippen MR) is 62.0 cm³/mol. The van der Waals surface area contributed by atoms with Crippen molar-refractivity contribution >= 4 is 5.91 Å². The van der Waals surface area contributed by atoms with Gasteiger partial charge in [0, 0.05) is 26.0 Å². The van der Waals surface area contributed by atoms with Crippen molar-refractivity contribution < 1.29 is 9.90 Å². The van der Waals surface area contributed by atoms with E-state index in [2.05, 4.69) is 4.98 Å². The number of aromatic nitrogens is 1. The van der Waals surface area contributed by atoms with E-state index in [-0.39, 0.29) is 11.8 Å². The largest absolute Gasteiger partial charge is 0.392 e. The molecule has 1 heterocycles. The molecular weight excluding hydrogens is 204 g/mol. The van der Waals surface area contributed by atoms with E-state index >= 15 is 0 Å². The number of hydrogen-bond acceptors (Lipinski definition) is 3. The summed E-state index contributed by atoms with van der Waals surface area (Å²) in [5.41, 5.74) is 0.893. The van der Waals surface area contributed by atoms with Crippen LogP contribution in [0.4, 0.5) is 0 Å². The summed E-state index contributed by atoms with van der Waals surface area (Å²) in [5.74, 6) is -0.230. The van der Waals surface area contributed by atoms with E-state index in [4.69, 9.17) is 0 Å². The van der Waals surface area contributed by atoms with E-state index in [1.807, 2.05) is 19.1 Å². The Balaban J connectivity index is 2.67. The highest BCUT2D eigenvalue weighted by Crippen LogP contribution is 2.15. The quantitative estimate of drug-likeness (QED) is 0.827. The Morgan fingerprint density at radius 3 is 2.75 bits per heavy atom. The van der Waals surface area contributed by atoms with E-state index in [0.29, 0.717) is 6.54 Å². The van der Waals surface area contributed by atoms with Crippen LogP contribution in [-0.4, -0.2) is 40.6 Å². The van der Waals surface area contributed by atoms with Gasteiger partial charge in [-0.3, -0.25) is 9.78 Å². The number of carbonyl (C=O) groups is 1. The normalized spacial score (nSPS) is 14.2. The second-order valence-corrected chi connectivity index (χ2v) is 4.08. The smallest absolute Gasteiger partial charge is 0.229 e. The Morgan fingerprint density at radius 2 is 2.25 bits per heavy atom. The van der Waals surface area contributed by atoms with Gasteiger partial charge in [-0.15, -0.1) is 0 Å². The molecule has 1 N–H and O–H groups in total. The molecule has 0 spiro atoms. The second kappa shape index (κ2) is 5.61. The van der Waals surface area contributed by atoms with E-state index in [0.717, 1.165) is 5.56 Å². The molecule has 0 fully saturated rings. The first-order valence-corrected chi connectivity index (χ1v) is 5.35. The second-order valence-electron chi connectivity index (χ2n) is 4.08. The van der Waals surface area contributed by atoms with Crippen LogP contribution in [0.25, 0.3) is 0 Å². The molecule has 1 aromatic heterocycles. The molecule has 4 heteroatoms. The van der Waals surface area contributed by atoms with Gasteiger partial charge in [-0.05, 0) is 25.5 Å². The summed E-state index contributed by atoms with van der Waals surface area (Å²) < 4.78 is 0. The lowest BCUT2D eigenvalue weighted by Crippen LogP contribution is -2.35. The molecule has 0 aliphatic carbocycles. The van der Waals surface area contributed by atoms with E-state index < -0.39 is 6.10 Å². The van der Waals surface area contributed by atoms with Crippen LogP contribution in [0.1, 0.15) is 25.3 Å². The van der Waals surface area contributed by atoms with Crippen molar-refractivity contribution in [2.24, 2.45) is 0 Å². The number of pyridine rings is 1. The maximum absolute atomic E-state index is 12.0. The van der Waals surface area contributed by atoms with Gasteiger partial charge >= 0.3 is 0 Å². The predicted octanol–water partition coefficient (Wildman–Crippen LogP) is 1.02. The molecule has 2 atom stereocenters. The molecule has 0 saturated heterocycles. The Kier molecular flexibility index (Phi) is 4.43. The van der Waals surface area contributed by atoms with Crippen LogP contribution in [0, 0.1) is 0 Å². The molecule has 1 amide bonds. The van der Waals surface area contributed by atoms with Gasteiger partial charge in [0.25, 0.3) is 0 Å². The number of likely N-dealkylation sites (N-methyl/N-ethyl adjacent to an activating group) is 1. The zero-order valence-corrected chi connectivity index (χ0v) is 9.92. The third-order valence-corrected chi connectivity index (χ3v) is 2.47. The van der Waals surface area contributed by atoms with Crippen LogP contribution in [0.15, 0.2) is 24.5 Å². The van der Waals surface area contributed by atoms with Gasteiger partial charge in [-0.1, -0.05) is 6.07 Å². The zero-order chi connectivity index (χ0) is 12.1. The van der Waals surface area contributed by atoms with Crippen molar-refractivity contribution in [1.82, 2.24) is 9.88 Å². The summed E-state index contributed by atoms with van der Waals surface area (Å²) >= 11 is 0. The highest BCUT2D eigenvalue weighted by atomic mass is 16.3. The lowest BCUT2D eigenvalue weighted by atomic mass is 10.0. The van der Waals surface area contributed by atoms with Crippen LogP contribution in [0.3, 0.4) is 0 Å². The lowest BCUT2D eigenvalue weighted by Gasteiger charge is -2.22. The monoisotopic (exact) mass is 222 g/mol. The summed E-state index contributed by atoms with van der Waals surface area (Å²) in [7, 11) is 1.70. The summed E-state index contributed by atoms with van der Waals surface area (Å²) in [6, 6.07) is 3.69. The molecule has 16 heavy (non-hydrogen) atoms. The highest BCUT2D eigenvalue weighted by Gasteiger charge is 2.19. The Labute approximate surface area is 95.9 Å². The number of hydrogen-bond donors (Lipinski definition) is 1. The Bertz CT molecular complexity index is 338. The summed E-state index contributed by atoms with van der Waals surface area (Å²) in [5, 5.41) is 9.22. The third-order valence-electron chi connectivity index (χ3n) is 2.47. The summed E-state index contributed by atoms with van der Waals surface area (Å²) in [6.45, 7) is 3.86. The first-order valence-electron chi connectivity index (χ1n) is 5.35. The number of rotatable bonds is 4. The molecule has 0 aromatic carbocycles. The maximum atomic E-state index is 12.0. The zero-order valence-electron chi connectivity index (χ0n) is 9.92. The number of aliphatic hydroxyl groups excluding tert-OH is 1. The molecule has 0 bridgehead atoms. The maximum Gasteiger partial charge on any atom is 0.229 e. The molecule has 1 aromatic rings. The molecule has 0 saturated carbocycles. The van der Waals surface area contributed by atoms with Gasteiger partial charge in [0.05, 0.1) is 12.0 Å². The minimum atomic E-state index is -0.505. The molecular formula is C12H18N2O2. The number of carbonyl (C=O) groups excluding carboxylic acids is 1. The Morgan fingerprint density at radius 1 is 1.56 bits per heavy atom. The van der Waals surface area contributed by atoms with Gasteiger partial charge in [-0.2, -0.15) is 0 Å². The fourth-order valence-corrected chi connectivity index (χ4v) is 1.59. The average Bonchev–Trinajstić information content (AvgIpc) is 2.27. The fourth-order valence-electron chi connectivity index (χ4n) is 1.59. The van der Waals surface area contributed by atoms with Gasteiger partial charge in [0.2, 0.25) is 5.91 Å². The van der Waals surface area contributed by atoms with Crippen LogP contribution >= 0.6 is 0 Å². The van der Waals surface area contributed by atoms with E-state index in [9.17, 15) is 9.90 Å². The first-order chi connectivity index (χ1) is 7.52. The average molecular weight is 222 g/mol. The van der Waals surface area contributed by atoms with Crippen molar-refractivity contribution in [2.45, 2.75) is 25.9 Å². The molecule has 2 unspecified atom stereocenters. The Hall–Kier alpha value is -1.42. The topological polar surface area (TPSA) is 53.4 Å². The first kappa shape index (κ1) is 12.6. The van der Waals surface area contributed by atoms with E-state index in [1.165, 1.54) is 0 Å². The van der Waals surface area contributed by atoms with Gasteiger partial charge in [0.15, 0.2) is 0 Å². The highest BCUT2D eigenvalue weighted by molar-refractivity contribution is 5.83. The summed E-state index contributed by atoms with van der Waals surface area (Å²) in [4.78, 5) is 17.5. The van der Waals surface area contributed by atoms with Gasteiger partial charge < -0.3 is 10.0 Å². The lowest BCUT2D eigenvalue weighted by molar-refractivity contribution is -0.132. The SMILES string of the molecule is CC(O)CN(C)C(=O)C(C)c1cccnc1. The van der Waals surface area contributed by atoms with E-state index in [1.54, 1.807) is 31.3 Å². The van der Waals surface area contributed by atoms with Crippen LogP contribution in [-0.2, 0) is 4.79 Å². The van der Waals surface area contributed by atoms with Crippen molar-refractivity contribution in [2.75, 3.05) is 13.6 Å². The molecule has 1 rings (SSSR count). The minimum Gasteiger partial charge on any atom is -0.392 e. The third kappa shape index (κ3) is 3.31. The molecule has 88 valence electrons. The standard InChI is InChI=1S/C12H18N2O2/c1-9(15)8-14(3)12(16)10(2)11-5-4-6-13-7-11/h4-7,9-10,15H,8H2,1-3H3. The molecule has 0 radical (unpaired) electrons. The van der Waals surface area contributed by atoms with Crippen molar-refractivity contribution in [3.05, 3.63) is 30.1 Å². The molecule has 0 aliphatic heterocycles. The molecule has 4 nitrogen and oxygen atoms in total. The van der Waals surface area contributed by atoms with Crippen molar-refractivity contribution in [3.8, 4) is 0 Å². The van der Waals surface area contributed by atoms with Crippen LogP contribution < -0.4 is 0 Å². The van der Waals surface area contributed by atoms with Gasteiger partial charge in [0.1, 0.15) is 0 Å². The number of aliphatic hydroxyl groups is 1. The van der Waals surface area contributed by atoms with Crippen LogP contribution in [0.5, 0.6) is 0 Å². The van der Waals surface area contributed by atoms with Crippen LogP contribution in [0.2, 0.25) is 0 Å². The fraction of sp³-hybridized carbons (Fsp3) is 0.500. The number of nitrogens with zero attached hydrogens (tertiary/aromatic N) is 2. The minimum absolute atomic E-state index is 0.00565. The van der Waals surface area contributed by atoms with Gasteiger partial charge in [-0.25, -0.2) is 0 Å². The number of amides is 1. The van der Waals surface area contributed by atoms with Crippen molar-refractivity contribution in [1.29, 1.82) is 0 Å². The molecule has 0 aliphatic rings.